The second-order valence-electron chi connectivity index (χ2n) is 6.77. The number of hydrogen-bond acceptors (Lipinski definition) is 3. The van der Waals surface area contributed by atoms with Crippen LogP contribution in [0.1, 0.15) is 48.0 Å². The normalized spacial score (nSPS) is 14.8. The van der Waals surface area contributed by atoms with Crippen molar-refractivity contribution in [2.45, 2.75) is 32.1 Å². The standard InChI is InChI=1S/C21H21Cl2N3O2/c22-17-9-6-16(19(23)12-17)13-24-26-21(28)15-7-10-18(11-8-15)25-20(27)14-4-2-1-3-5-14/h6-14H,1-5H2,(H,25,27)(H,26,28)/b24-13+. The third-order valence-corrected chi connectivity index (χ3v) is 5.29. The molecule has 2 N–H and O–H groups in total. The van der Waals surface area contributed by atoms with Crippen molar-refractivity contribution in [1.82, 2.24) is 5.43 Å². The zero-order valence-electron chi connectivity index (χ0n) is 15.3. The predicted octanol–water partition coefficient (Wildman–Crippen LogP) is 5.28. The van der Waals surface area contributed by atoms with Crippen LogP contribution < -0.4 is 10.7 Å². The van der Waals surface area contributed by atoms with E-state index in [1.807, 2.05) is 0 Å². The molecule has 7 heteroatoms. The Labute approximate surface area is 174 Å². The van der Waals surface area contributed by atoms with Crippen LogP contribution in [0, 0.1) is 5.92 Å². The third-order valence-electron chi connectivity index (χ3n) is 4.72. The summed E-state index contributed by atoms with van der Waals surface area (Å²) in [6.07, 6.45) is 6.78. The summed E-state index contributed by atoms with van der Waals surface area (Å²) in [6.45, 7) is 0. The van der Waals surface area contributed by atoms with Crippen molar-refractivity contribution >= 4 is 46.9 Å². The molecule has 2 aromatic rings. The minimum Gasteiger partial charge on any atom is -0.326 e. The van der Waals surface area contributed by atoms with E-state index in [1.54, 1.807) is 42.5 Å². The van der Waals surface area contributed by atoms with E-state index in [0.29, 0.717) is 26.9 Å². The van der Waals surface area contributed by atoms with Crippen LogP contribution in [0.5, 0.6) is 0 Å². The number of rotatable bonds is 5. The second kappa shape index (κ2) is 9.71. The molecule has 2 aromatic carbocycles. The average Bonchev–Trinajstić information content (AvgIpc) is 2.70. The van der Waals surface area contributed by atoms with Gasteiger partial charge in [0.1, 0.15) is 0 Å². The molecule has 0 atom stereocenters. The van der Waals surface area contributed by atoms with E-state index in [4.69, 9.17) is 23.2 Å². The van der Waals surface area contributed by atoms with E-state index in [-0.39, 0.29) is 17.7 Å². The van der Waals surface area contributed by atoms with Crippen molar-refractivity contribution in [3.8, 4) is 0 Å². The molecule has 0 radical (unpaired) electrons. The smallest absolute Gasteiger partial charge is 0.271 e. The Morgan fingerprint density at radius 3 is 2.39 bits per heavy atom. The van der Waals surface area contributed by atoms with Gasteiger partial charge in [-0.25, -0.2) is 5.43 Å². The van der Waals surface area contributed by atoms with E-state index in [9.17, 15) is 9.59 Å². The van der Waals surface area contributed by atoms with Crippen LogP contribution in [0.2, 0.25) is 10.0 Å². The summed E-state index contributed by atoms with van der Waals surface area (Å²) < 4.78 is 0. The van der Waals surface area contributed by atoms with Gasteiger partial charge in [0.15, 0.2) is 0 Å². The monoisotopic (exact) mass is 417 g/mol. The zero-order chi connectivity index (χ0) is 19.9. The van der Waals surface area contributed by atoms with Crippen molar-refractivity contribution in [2.24, 2.45) is 11.0 Å². The van der Waals surface area contributed by atoms with Crippen LogP contribution in [0.15, 0.2) is 47.6 Å². The fourth-order valence-electron chi connectivity index (χ4n) is 3.15. The van der Waals surface area contributed by atoms with Gasteiger partial charge in [-0.1, -0.05) is 48.5 Å². The van der Waals surface area contributed by atoms with Gasteiger partial charge < -0.3 is 5.32 Å². The summed E-state index contributed by atoms with van der Waals surface area (Å²) in [6, 6.07) is 11.7. The first-order chi connectivity index (χ1) is 13.5. The number of hydrazone groups is 1. The van der Waals surface area contributed by atoms with Gasteiger partial charge in [-0.3, -0.25) is 9.59 Å². The number of benzene rings is 2. The van der Waals surface area contributed by atoms with Crippen LogP contribution in [0.25, 0.3) is 0 Å². The summed E-state index contributed by atoms with van der Waals surface area (Å²) in [7, 11) is 0. The molecule has 28 heavy (non-hydrogen) atoms. The summed E-state index contributed by atoms with van der Waals surface area (Å²) in [5.74, 6) is -0.210. The molecule has 0 bridgehead atoms. The highest BCUT2D eigenvalue weighted by Gasteiger charge is 2.21. The lowest BCUT2D eigenvalue weighted by molar-refractivity contribution is -0.120. The molecule has 0 saturated heterocycles. The molecule has 0 aliphatic heterocycles. The first kappa shape index (κ1) is 20.4. The molecular formula is C21H21Cl2N3O2. The Morgan fingerprint density at radius 2 is 1.71 bits per heavy atom. The molecule has 146 valence electrons. The fraction of sp³-hybridized carbons (Fsp3) is 0.286. The number of amides is 2. The highest BCUT2D eigenvalue weighted by Crippen LogP contribution is 2.25. The minimum atomic E-state index is -0.355. The van der Waals surface area contributed by atoms with E-state index in [0.717, 1.165) is 25.7 Å². The van der Waals surface area contributed by atoms with Crippen LogP contribution in [0.4, 0.5) is 5.69 Å². The van der Waals surface area contributed by atoms with Crippen molar-refractivity contribution in [3.05, 3.63) is 63.6 Å². The van der Waals surface area contributed by atoms with Crippen molar-refractivity contribution < 1.29 is 9.59 Å². The summed E-state index contributed by atoms with van der Waals surface area (Å²) in [5.41, 5.74) is 4.22. The number of halogens is 2. The first-order valence-corrected chi connectivity index (χ1v) is 9.98. The summed E-state index contributed by atoms with van der Waals surface area (Å²) >= 11 is 11.9. The molecule has 0 aromatic heterocycles. The van der Waals surface area contributed by atoms with Gasteiger partial charge >= 0.3 is 0 Å². The van der Waals surface area contributed by atoms with Gasteiger partial charge in [-0.2, -0.15) is 5.10 Å². The molecule has 2 amide bonds. The van der Waals surface area contributed by atoms with E-state index in [2.05, 4.69) is 15.8 Å². The average molecular weight is 418 g/mol. The maximum absolute atomic E-state index is 12.3. The Bertz CT molecular complexity index is 876. The van der Waals surface area contributed by atoms with Gasteiger partial charge in [0.2, 0.25) is 5.91 Å². The van der Waals surface area contributed by atoms with E-state index < -0.39 is 0 Å². The van der Waals surface area contributed by atoms with Crippen molar-refractivity contribution in [2.75, 3.05) is 5.32 Å². The fourth-order valence-corrected chi connectivity index (χ4v) is 3.60. The number of carbonyl (C=O) groups excluding carboxylic acids is 2. The zero-order valence-corrected chi connectivity index (χ0v) is 16.8. The van der Waals surface area contributed by atoms with Crippen molar-refractivity contribution in [1.29, 1.82) is 0 Å². The Balaban J connectivity index is 1.54. The lowest BCUT2D eigenvalue weighted by Gasteiger charge is -2.20. The molecule has 5 nitrogen and oxygen atoms in total. The van der Waals surface area contributed by atoms with Gasteiger partial charge in [0.25, 0.3) is 5.91 Å². The highest BCUT2D eigenvalue weighted by atomic mass is 35.5. The number of hydrogen-bond donors (Lipinski definition) is 2. The number of carbonyl (C=O) groups is 2. The minimum absolute atomic E-state index is 0.0568. The van der Waals surface area contributed by atoms with Crippen LogP contribution >= 0.6 is 23.2 Å². The molecule has 3 rings (SSSR count). The van der Waals surface area contributed by atoms with Gasteiger partial charge in [0.05, 0.1) is 11.2 Å². The SMILES string of the molecule is O=C(N/N=C/c1ccc(Cl)cc1Cl)c1ccc(NC(=O)C2CCCCC2)cc1. The molecular weight excluding hydrogens is 397 g/mol. The molecule has 0 unspecified atom stereocenters. The van der Waals surface area contributed by atoms with Gasteiger partial charge in [-0.15, -0.1) is 0 Å². The largest absolute Gasteiger partial charge is 0.326 e. The molecule has 0 heterocycles. The lowest BCUT2D eigenvalue weighted by atomic mass is 9.88. The molecule has 1 aliphatic carbocycles. The third kappa shape index (κ3) is 5.57. The number of nitrogens with zero attached hydrogens (tertiary/aromatic N) is 1. The Hall–Kier alpha value is -2.37. The molecule has 1 aliphatic rings. The molecule has 0 spiro atoms. The Kier molecular flexibility index (Phi) is 7.06. The highest BCUT2D eigenvalue weighted by molar-refractivity contribution is 6.36. The van der Waals surface area contributed by atoms with E-state index in [1.165, 1.54) is 12.6 Å². The van der Waals surface area contributed by atoms with E-state index >= 15 is 0 Å². The predicted molar refractivity (Wildman–Crippen MR) is 113 cm³/mol. The van der Waals surface area contributed by atoms with Crippen molar-refractivity contribution in [3.63, 3.8) is 0 Å². The summed E-state index contributed by atoms with van der Waals surface area (Å²) in [4.78, 5) is 24.5. The maximum Gasteiger partial charge on any atom is 0.271 e. The maximum atomic E-state index is 12.3. The lowest BCUT2D eigenvalue weighted by Crippen LogP contribution is -2.24. The Morgan fingerprint density at radius 1 is 1.00 bits per heavy atom. The van der Waals surface area contributed by atoms with Gasteiger partial charge in [-0.05, 0) is 49.2 Å². The topological polar surface area (TPSA) is 70.6 Å². The second-order valence-corrected chi connectivity index (χ2v) is 7.61. The van der Waals surface area contributed by atoms with Crippen LogP contribution in [-0.4, -0.2) is 18.0 Å². The van der Waals surface area contributed by atoms with Crippen LogP contribution in [0.3, 0.4) is 0 Å². The summed E-state index contributed by atoms with van der Waals surface area (Å²) in [5, 5.41) is 7.82. The van der Waals surface area contributed by atoms with Gasteiger partial charge in [0, 0.05) is 27.8 Å². The quantitative estimate of drug-likeness (QED) is 0.513. The first-order valence-electron chi connectivity index (χ1n) is 9.22. The number of nitrogens with one attached hydrogen (secondary N) is 2. The molecule has 1 fully saturated rings. The molecule has 1 saturated carbocycles. The van der Waals surface area contributed by atoms with Crippen LogP contribution in [-0.2, 0) is 4.79 Å². The number of anilines is 1.